The van der Waals surface area contributed by atoms with Crippen LogP contribution in [0.1, 0.15) is 39.3 Å². The molecule has 10 heteroatoms. The summed E-state index contributed by atoms with van der Waals surface area (Å²) >= 11 is 0. The summed E-state index contributed by atoms with van der Waals surface area (Å²) in [5.41, 5.74) is 0.480. The molecule has 0 spiro atoms. The molecular weight excluding hydrogens is 424 g/mol. The van der Waals surface area contributed by atoms with Crippen molar-refractivity contribution in [1.82, 2.24) is 25.6 Å². The minimum atomic E-state index is -4.57. The van der Waals surface area contributed by atoms with Crippen LogP contribution in [0.15, 0.2) is 30.5 Å². The SMILES string of the molecule is CC(C)(C)C1CCN(c2cc(F)c(-c3ccc(C(F)(F)F)nc3)c(-c3nn[nH]n3)c2)CC1. The van der Waals surface area contributed by atoms with Crippen molar-refractivity contribution in [1.29, 1.82) is 0 Å². The maximum atomic E-state index is 15.4. The third-order valence-corrected chi connectivity index (χ3v) is 6.09. The number of hydrogen-bond donors (Lipinski definition) is 1. The van der Waals surface area contributed by atoms with Gasteiger partial charge in [0.1, 0.15) is 11.5 Å². The quantitative estimate of drug-likeness (QED) is 0.547. The number of H-pyrrole nitrogens is 1. The highest BCUT2D eigenvalue weighted by atomic mass is 19.4. The van der Waals surface area contributed by atoms with Gasteiger partial charge in [0.25, 0.3) is 0 Å². The fourth-order valence-corrected chi connectivity index (χ4v) is 4.23. The normalized spacial score (nSPS) is 15.9. The molecule has 6 nitrogen and oxygen atoms in total. The van der Waals surface area contributed by atoms with E-state index in [-0.39, 0.29) is 22.4 Å². The molecule has 3 heterocycles. The maximum Gasteiger partial charge on any atom is 0.433 e. The van der Waals surface area contributed by atoms with Crippen molar-refractivity contribution >= 4 is 5.69 Å². The van der Waals surface area contributed by atoms with Gasteiger partial charge in [0.15, 0.2) is 0 Å². The molecule has 1 N–H and O–H groups in total. The molecule has 32 heavy (non-hydrogen) atoms. The number of pyridine rings is 1. The number of halogens is 4. The fraction of sp³-hybridized carbons (Fsp3) is 0.455. The van der Waals surface area contributed by atoms with E-state index in [0.717, 1.165) is 38.2 Å². The molecular formula is C22H24F4N6. The zero-order chi connectivity index (χ0) is 23.1. The van der Waals surface area contributed by atoms with E-state index in [1.54, 1.807) is 6.07 Å². The highest BCUT2D eigenvalue weighted by Gasteiger charge is 2.33. The molecule has 0 saturated carbocycles. The number of rotatable bonds is 3. The van der Waals surface area contributed by atoms with Gasteiger partial charge in [-0.05, 0) is 47.6 Å². The average Bonchev–Trinajstić information content (AvgIpc) is 3.27. The second kappa shape index (κ2) is 8.14. The molecule has 4 rings (SSSR count). The summed E-state index contributed by atoms with van der Waals surface area (Å²) in [6.45, 7) is 8.26. The van der Waals surface area contributed by atoms with Gasteiger partial charge in [-0.15, -0.1) is 10.2 Å². The van der Waals surface area contributed by atoms with Gasteiger partial charge in [-0.1, -0.05) is 26.8 Å². The van der Waals surface area contributed by atoms with Crippen molar-refractivity contribution in [3.63, 3.8) is 0 Å². The Balaban J connectivity index is 1.71. The first-order valence-corrected chi connectivity index (χ1v) is 10.4. The largest absolute Gasteiger partial charge is 0.433 e. The van der Waals surface area contributed by atoms with Gasteiger partial charge in [-0.2, -0.15) is 18.4 Å². The molecule has 0 radical (unpaired) electrons. The second-order valence-electron chi connectivity index (χ2n) is 9.14. The Labute approximate surface area is 183 Å². The minimum Gasteiger partial charge on any atom is -0.371 e. The van der Waals surface area contributed by atoms with E-state index in [9.17, 15) is 13.2 Å². The van der Waals surface area contributed by atoms with Crippen LogP contribution in [-0.4, -0.2) is 38.7 Å². The Hall–Kier alpha value is -3.04. The Bertz CT molecular complexity index is 1060. The minimum absolute atomic E-state index is 0.0842. The standard InChI is InChI=1S/C22H24F4N6/c1-21(2,3)14-6-8-32(9-7-14)15-10-16(20-28-30-31-29-20)19(17(23)11-15)13-4-5-18(27-12-13)22(24,25)26/h4-5,10-12,14H,6-9H2,1-3H3,(H,28,29,30,31). The van der Waals surface area contributed by atoms with Gasteiger partial charge in [0, 0.05) is 41.7 Å². The maximum absolute atomic E-state index is 15.4. The zero-order valence-corrected chi connectivity index (χ0v) is 18.0. The number of alkyl halides is 3. The zero-order valence-electron chi connectivity index (χ0n) is 18.0. The Morgan fingerprint density at radius 2 is 1.78 bits per heavy atom. The fourth-order valence-electron chi connectivity index (χ4n) is 4.23. The number of aromatic nitrogens is 5. The number of piperidine rings is 1. The van der Waals surface area contributed by atoms with Crippen molar-refractivity contribution < 1.29 is 17.6 Å². The molecule has 0 aliphatic carbocycles. The van der Waals surface area contributed by atoms with Gasteiger partial charge in [-0.3, -0.25) is 4.98 Å². The molecule has 1 aliphatic heterocycles. The summed E-state index contributed by atoms with van der Waals surface area (Å²) in [7, 11) is 0. The predicted molar refractivity (Wildman–Crippen MR) is 112 cm³/mol. The topological polar surface area (TPSA) is 70.6 Å². The van der Waals surface area contributed by atoms with E-state index in [1.165, 1.54) is 12.1 Å². The third kappa shape index (κ3) is 4.44. The van der Waals surface area contributed by atoms with Crippen molar-refractivity contribution in [3.8, 4) is 22.5 Å². The van der Waals surface area contributed by atoms with Crippen molar-refractivity contribution in [3.05, 3.63) is 42.0 Å². The summed E-state index contributed by atoms with van der Waals surface area (Å²) in [6, 6.07) is 5.21. The summed E-state index contributed by atoms with van der Waals surface area (Å²) in [4.78, 5) is 5.58. The molecule has 170 valence electrons. The van der Waals surface area contributed by atoms with E-state index in [0.29, 0.717) is 17.2 Å². The molecule has 1 saturated heterocycles. The van der Waals surface area contributed by atoms with Gasteiger partial charge >= 0.3 is 6.18 Å². The van der Waals surface area contributed by atoms with Gasteiger partial charge < -0.3 is 4.90 Å². The summed E-state index contributed by atoms with van der Waals surface area (Å²) in [5.74, 6) is 0.157. The first kappa shape index (κ1) is 22.2. The van der Waals surface area contributed by atoms with Gasteiger partial charge in [0.05, 0.1) is 0 Å². The van der Waals surface area contributed by atoms with Crippen LogP contribution < -0.4 is 4.90 Å². The number of hydrogen-bond acceptors (Lipinski definition) is 5. The van der Waals surface area contributed by atoms with E-state index in [1.807, 2.05) is 0 Å². The monoisotopic (exact) mass is 448 g/mol. The van der Waals surface area contributed by atoms with E-state index < -0.39 is 17.7 Å². The number of aromatic amines is 1. The molecule has 1 aliphatic rings. The number of nitrogens with one attached hydrogen (secondary N) is 1. The predicted octanol–water partition coefficient (Wildman–Crippen LogP) is 5.35. The van der Waals surface area contributed by atoms with Gasteiger partial charge in [-0.25, -0.2) is 4.39 Å². The van der Waals surface area contributed by atoms with Crippen LogP contribution in [-0.2, 0) is 6.18 Å². The second-order valence-corrected chi connectivity index (χ2v) is 9.14. The van der Waals surface area contributed by atoms with Crippen molar-refractivity contribution in [2.24, 2.45) is 11.3 Å². The smallest absolute Gasteiger partial charge is 0.371 e. The first-order valence-electron chi connectivity index (χ1n) is 10.4. The van der Waals surface area contributed by atoms with Crippen LogP contribution in [0.5, 0.6) is 0 Å². The van der Waals surface area contributed by atoms with Crippen molar-refractivity contribution in [2.45, 2.75) is 39.8 Å². The molecule has 3 aromatic rings. The Morgan fingerprint density at radius 3 is 2.31 bits per heavy atom. The molecule has 1 fully saturated rings. The van der Waals surface area contributed by atoms with E-state index in [2.05, 4.69) is 51.3 Å². The molecule has 2 aromatic heterocycles. The van der Waals surface area contributed by atoms with Crippen LogP contribution in [0.4, 0.5) is 23.2 Å². The van der Waals surface area contributed by atoms with Crippen LogP contribution >= 0.6 is 0 Å². The van der Waals surface area contributed by atoms with Crippen molar-refractivity contribution in [2.75, 3.05) is 18.0 Å². The van der Waals surface area contributed by atoms with Crippen LogP contribution in [0.25, 0.3) is 22.5 Å². The lowest BCUT2D eigenvalue weighted by molar-refractivity contribution is -0.141. The lowest BCUT2D eigenvalue weighted by atomic mass is 9.75. The first-order chi connectivity index (χ1) is 15.0. The third-order valence-electron chi connectivity index (χ3n) is 6.09. The highest BCUT2D eigenvalue weighted by molar-refractivity contribution is 5.83. The summed E-state index contributed by atoms with van der Waals surface area (Å²) in [5, 5.41) is 13.8. The summed E-state index contributed by atoms with van der Waals surface area (Å²) in [6.07, 6.45) is -1.57. The van der Waals surface area contributed by atoms with Gasteiger partial charge in [0.2, 0.25) is 5.82 Å². The lowest BCUT2D eigenvalue weighted by Crippen LogP contribution is -2.38. The molecule has 0 bridgehead atoms. The molecule has 0 amide bonds. The number of benzene rings is 1. The van der Waals surface area contributed by atoms with Crippen LogP contribution in [0.2, 0.25) is 0 Å². The molecule has 0 atom stereocenters. The number of tetrazole rings is 1. The van der Waals surface area contributed by atoms with E-state index in [4.69, 9.17) is 0 Å². The van der Waals surface area contributed by atoms with E-state index >= 15 is 4.39 Å². The Kier molecular flexibility index (Phi) is 5.64. The molecule has 1 aromatic carbocycles. The summed E-state index contributed by atoms with van der Waals surface area (Å²) < 4.78 is 54.0. The molecule has 0 unspecified atom stereocenters. The lowest BCUT2D eigenvalue weighted by Gasteiger charge is -2.40. The average molecular weight is 448 g/mol. The number of nitrogens with zero attached hydrogens (tertiary/aromatic N) is 5. The Morgan fingerprint density at radius 1 is 1.06 bits per heavy atom. The van der Waals surface area contributed by atoms with Crippen LogP contribution in [0.3, 0.4) is 0 Å². The number of anilines is 1. The van der Waals surface area contributed by atoms with Crippen LogP contribution in [0, 0.1) is 17.2 Å². The highest BCUT2D eigenvalue weighted by Crippen LogP contribution is 2.40.